The van der Waals surface area contributed by atoms with Crippen LogP contribution in [0, 0.1) is 0 Å². The molecule has 9 heteroatoms. The molecule has 5 rings (SSSR count). The number of carbonyl (C=O) groups excluding carboxylic acids is 2. The summed E-state index contributed by atoms with van der Waals surface area (Å²) in [6.07, 6.45) is 3.14. The second kappa shape index (κ2) is 8.84. The molecule has 2 amide bonds. The molecule has 0 bridgehead atoms. The molecule has 34 heavy (non-hydrogen) atoms. The number of nitrogens with zero attached hydrogens (tertiary/aromatic N) is 2. The fourth-order valence-electron chi connectivity index (χ4n) is 3.59. The second-order valence-electron chi connectivity index (χ2n) is 7.53. The maximum atomic E-state index is 12.3. The average molecular weight is 472 g/mol. The van der Waals surface area contributed by atoms with E-state index in [0.29, 0.717) is 38.9 Å². The van der Waals surface area contributed by atoms with Crippen LogP contribution in [0.5, 0.6) is 0 Å². The van der Waals surface area contributed by atoms with Crippen LogP contribution in [0.1, 0.15) is 17.5 Å². The number of carbonyl (C=O) groups is 2. The fourth-order valence-corrected chi connectivity index (χ4v) is 3.80. The summed E-state index contributed by atoms with van der Waals surface area (Å²) in [5.74, 6) is 0.191. The maximum Gasteiger partial charge on any atom is 0.291 e. The smallest absolute Gasteiger partial charge is 0.291 e. The zero-order valence-corrected chi connectivity index (χ0v) is 18.7. The predicted octanol–water partition coefficient (Wildman–Crippen LogP) is 5.75. The first kappa shape index (κ1) is 21.4. The molecule has 168 valence electrons. The monoisotopic (exact) mass is 471 g/mol. The van der Waals surface area contributed by atoms with Crippen molar-refractivity contribution in [1.29, 1.82) is 0 Å². The summed E-state index contributed by atoms with van der Waals surface area (Å²) in [7, 11) is 0. The summed E-state index contributed by atoms with van der Waals surface area (Å²) in [6.45, 7) is 1.47. The summed E-state index contributed by atoms with van der Waals surface area (Å²) in [6, 6.07) is 17.7. The highest BCUT2D eigenvalue weighted by Crippen LogP contribution is 2.32. The first-order valence-corrected chi connectivity index (χ1v) is 10.7. The van der Waals surface area contributed by atoms with Crippen molar-refractivity contribution in [2.45, 2.75) is 6.92 Å². The quantitative estimate of drug-likeness (QED) is 0.302. The van der Waals surface area contributed by atoms with Gasteiger partial charge in [0.1, 0.15) is 5.82 Å². The molecule has 3 heterocycles. The van der Waals surface area contributed by atoms with Crippen LogP contribution in [-0.4, -0.2) is 26.8 Å². The number of aromatic nitrogens is 3. The van der Waals surface area contributed by atoms with Gasteiger partial charge >= 0.3 is 0 Å². The number of pyridine rings is 1. The molecule has 0 atom stereocenters. The van der Waals surface area contributed by atoms with E-state index >= 15 is 0 Å². The van der Waals surface area contributed by atoms with E-state index in [4.69, 9.17) is 16.0 Å². The fraction of sp³-hybridized carbons (Fsp3) is 0.0400. The lowest BCUT2D eigenvalue weighted by atomic mass is 10.1. The first-order chi connectivity index (χ1) is 16.5. The minimum Gasteiger partial charge on any atom is -0.459 e. The van der Waals surface area contributed by atoms with Gasteiger partial charge in [-0.1, -0.05) is 29.8 Å². The predicted molar refractivity (Wildman–Crippen MR) is 131 cm³/mol. The minimum absolute atomic E-state index is 0.154. The highest BCUT2D eigenvalue weighted by Gasteiger charge is 2.15. The van der Waals surface area contributed by atoms with Crippen LogP contribution in [0.25, 0.3) is 33.7 Å². The zero-order chi connectivity index (χ0) is 23.7. The normalized spacial score (nSPS) is 10.9. The number of para-hydroxylation sites is 1. The van der Waals surface area contributed by atoms with Crippen molar-refractivity contribution in [2.24, 2.45) is 0 Å². The van der Waals surface area contributed by atoms with Gasteiger partial charge in [-0.05, 0) is 42.5 Å². The molecule has 0 saturated carbocycles. The van der Waals surface area contributed by atoms with Gasteiger partial charge in [0.15, 0.2) is 11.4 Å². The van der Waals surface area contributed by atoms with Gasteiger partial charge in [-0.3, -0.25) is 9.59 Å². The molecule has 2 aromatic carbocycles. The Labute approximate surface area is 199 Å². The van der Waals surface area contributed by atoms with Gasteiger partial charge in [0.2, 0.25) is 5.91 Å². The van der Waals surface area contributed by atoms with Crippen molar-refractivity contribution in [2.75, 3.05) is 10.6 Å². The summed E-state index contributed by atoms with van der Waals surface area (Å²) in [4.78, 5) is 36.2. The number of imidazole rings is 1. The van der Waals surface area contributed by atoms with E-state index in [9.17, 15) is 9.59 Å². The molecule has 8 nitrogen and oxygen atoms in total. The van der Waals surface area contributed by atoms with Crippen LogP contribution in [0.3, 0.4) is 0 Å². The number of hydrogen-bond acceptors (Lipinski definition) is 5. The molecule has 3 N–H and O–H groups in total. The Bertz CT molecular complexity index is 1530. The summed E-state index contributed by atoms with van der Waals surface area (Å²) >= 11 is 6.44. The van der Waals surface area contributed by atoms with E-state index in [-0.39, 0.29) is 17.6 Å². The van der Waals surface area contributed by atoms with Gasteiger partial charge in [-0.2, -0.15) is 0 Å². The Morgan fingerprint density at radius 1 is 1.00 bits per heavy atom. The Hall–Kier alpha value is -4.43. The topological polar surface area (TPSA) is 113 Å². The van der Waals surface area contributed by atoms with Gasteiger partial charge in [-0.15, -0.1) is 0 Å². The molecular weight excluding hydrogens is 454 g/mol. The van der Waals surface area contributed by atoms with Crippen LogP contribution < -0.4 is 10.6 Å². The van der Waals surface area contributed by atoms with Crippen LogP contribution in [-0.2, 0) is 4.79 Å². The number of rotatable bonds is 5. The van der Waals surface area contributed by atoms with Gasteiger partial charge in [0.25, 0.3) is 5.91 Å². The number of fused-ring (bicyclic) bond motifs is 1. The van der Waals surface area contributed by atoms with E-state index in [0.717, 1.165) is 11.1 Å². The highest BCUT2D eigenvalue weighted by molar-refractivity contribution is 6.33. The Kier molecular flexibility index (Phi) is 5.57. The minimum atomic E-state index is -0.368. The number of benzene rings is 2. The average Bonchev–Trinajstić information content (AvgIpc) is 3.50. The first-order valence-electron chi connectivity index (χ1n) is 10.4. The molecule has 0 saturated heterocycles. The molecule has 0 aliphatic heterocycles. The van der Waals surface area contributed by atoms with E-state index in [2.05, 4.69) is 25.6 Å². The molecule has 0 unspecified atom stereocenters. The van der Waals surface area contributed by atoms with Crippen molar-refractivity contribution in [3.05, 3.63) is 83.9 Å². The van der Waals surface area contributed by atoms with E-state index in [1.54, 1.807) is 36.5 Å². The molecule has 0 fully saturated rings. The van der Waals surface area contributed by atoms with Gasteiger partial charge in [0, 0.05) is 41.2 Å². The van der Waals surface area contributed by atoms with Crippen LogP contribution in [0.15, 0.2) is 77.5 Å². The van der Waals surface area contributed by atoms with E-state index in [1.165, 1.54) is 13.2 Å². The zero-order valence-electron chi connectivity index (χ0n) is 17.9. The van der Waals surface area contributed by atoms with Crippen molar-refractivity contribution in [1.82, 2.24) is 15.0 Å². The number of halogens is 1. The molecule has 0 aliphatic carbocycles. The molecule has 3 aromatic heterocycles. The van der Waals surface area contributed by atoms with Crippen molar-refractivity contribution in [3.8, 4) is 22.5 Å². The highest BCUT2D eigenvalue weighted by atomic mass is 35.5. The summed E-state index contributed by atoms with van der Waals surface area (Å²) in [5.41, 5.74) is 4.71. The lowest BCUT2D eigenvalue weighted by molar-refractivity contribution is -0.114. The third kappa shape index (κ3) is 4.26. The summed E-state index contributed by atoms with van der Waals surface area (Å²) < 4.78 is 5.14. The van der Waals surface area contributed by atoms with E-state index in [1.807, 2.05) is 30.3 Å². The molecular formula is C25H18ClN5O3. The number of hydrogen-bond donors (Lipinski definition) is 3. The standard InChI is InChI=1S/C25H18ClN5O3/c1-14(32)28-20-6-3-2-5-17(20)15-11-21-24(27-13-15)31-23(30-21)18-12-16(8-9-19(18)26)29-25(33)22-7-4-10-34-22/h2-13H,1H3,(H,28,32)(H,29,33)(H,27,30,31). The Morgan fingerprint density at radius 2 is 1.85 bits per heavy atom. The Balaban J connectivity index is 1.49. The number of anilines is 2. The Morgan fingerprint density at radius 3 is 2.65 bits per heavy atom. The number of H-pyrrole nitrogens is 1. The number of amides is 2. The van der Waals surface area contributed by atoms with Crippen LogP contribution in [0.2, 0.25) is 5.02 Å². The van der Waals surface area contributed by atoms with Gasteiger partial charge in [0.05, 0.1) is 16.8 Å². The lowest BCUT2D eigenvalue weighted by Gasteiger charge is -2.09. The molecule has 0 radical (unpaired) electrons. The van der Waals surface area contributed by atoms with E-state index < -0.39 is 0 Å². The molecule has 0 spiro atoms. The van der Waals surface area contributed by atoms with Gasteiger partial charge < -0.3 is 20.0 Å². The van der Waals surface area contributed by atoms with Crippen molar-refractivity contribution >= 4 is 46.0 Å². The molecule has 0 aliphatic rings. The lowest BCUT2D eigenvalue weighted by Crippen LogP contribution is -2.10. The largest absolute Gasteiger partial charge is 0.459 e. The third-order valence-electron chi connectivity index (χ3n) is 5.11. The summed E-state index contributed by atoms with van der Waals surface area (Å²) in [5, 5.41) is 6.09. The number of furan rings is 1. The number of nitrogens with one attached hydrogen (secondary N) is 3. The van der Waals surface area contributed by atoms with Crippen LogP contribution >= 0.6 is 11.6 Å². The maximum absolute atomic E-state index is 12.3. The second-order valence-corrected chi connectivity index (χ2v) is 7.94. The van der Waals surface area contributed by atoms with Crippen LogP contribution in [0.4, 0.5) is 11.4 Å². The van der Waals surface area contributed by atoms with Crippen molar-refractivity contribution in [3.63, 3.8) is 0 Å². The van der Waals surface area contributed by atoms with Gasteiger partial charge in [-0.25, -0.2) is 9.97 Å². The van der Waals surface area contributed by atoms with Crippen molar-refractivity contribution < 1.29 is 14.0 Å². The SMILES string of the molecule is CC(=O)Nc1ccccc1-c1cnc2nc(-c3cc(NC(=O)c4ccco4)ccc3Cl)[nH]c2c1. The molecule has 5 aromatic rings. The third-order valence-corrected chi connectivity index (χ3v) is 5.44. The number of aromatic amines is 1.